The number of likely N-dealkylation sites (N-methyl/N-ethyl adjacent to an activating group) is 2. The van der Waals surface area contributed by atoms with Crippen LogP contribution in [0.25, 0.3) is 10.9 Å². The number of benzene rings is 1. The van der Waals surface area contributed by atoms with Gasteiger partial charge in [0.1, 0.15) is 17.9 Å². The van der Waals surface area contributed by atoms with Crippen LogP contribution in [0.3, 0.4) is 0 Å². The van der Waals surface area contributed by atoms with Gasteiger partial charge in [0.2, 0.25) is 5.91 Å². The minimum Gasteiger partial charge on any atom is -0.496 e. The van der Waals surface area contributed by atoms with Crippen LogP contribution in [0.15, 0.2) is 53.2 Å². The molecule has 0 saturated carbocycles. The van der Waals surface area contributed by atoms with E-state index in [0.717, 1.165) is 29.8 Å². The van der Waals surface area contributed by atoms with E-state index < -0.39 is 5.83 Å². The first-order valence-electron chi connectivity index (χ1n) is 13.2. The summed E-state index contributed by atoms with van der Waals surface area (Å²) < 4.78 is 20.6. The zero-order chi connectivity index (χ0) is 28.7. The van der Waals surface area contributed by atoms with E-state index in [9.17, 15) is 9.18 Å². The minimum absolute atomic E-state index is 0.0462. The molecule has 1 amide bonds. The van der Waals surface area contributed by atoms with Crippen LogP contribution in [0.1, 0.15) is 39.2 Å². The molecule has 1 N–H and O–H groups in total. The first-order valence-corrected chi connectivity index (χ1v) is 13.6. The Morgan fingerprint density at radius 1 is 1.21 bits per heavy atom. The maximum atomic E-state index is 14.8. The van der Waals surface area contributed by atoms with Gasteiger partial charge in [0, 0.05) is 69.1 Å². The third-order valence-corrected chi connectivity index (χ3v) is 7.45. The monoisotopic (exact) mass is 558 g/mol. The van der Waals surface area contributed by atoms with Gasteiger partial charge in [0.05, 0.1) is 23.4 Å². The van der Waals surface area contributed by atoms with Gasteiger partial charge >= 0.3 is 0 Å². The van der Waals surface area contributed by atoms with Crippen LogP contribution in [0.4, 0.5) is 10.2 Å². The highest BCUT2D eigenvalue weighted by Crippen LogP contribution is 2.32. The van der Waals surface area contributed by atoms with E-state index in [0.29, 0.717) is 36.4 Å². The van der Waals surface area contributed by atoms with Crippen LogP contribution in [0, 0.1) is 0 Å². The SMILES string of the molecule is CCN(Cc1cc2c(NC3=C(F)C(Cl)=CC=CC3)ncnc2cc1OC)C(C)CN(C)C(C)CC(=O)N(C)C. The lowest BCUT2D eigenvalue weighted by Crippen LogP contribution is -2.44. The van der Waals surface area contributed by atoms with Crippen LogP contribution in [0.5, 0.6) is 5.75 Å². The molecule has 10 heteroatoms. The summed E-state index contributed by atoms with van der Waals surface area (Å²) in [6.45, 7) is 8.67. The largest absolute Gasteiger partial charge is 0.496 e. The third kappa shape index (κ3) is 7.77. The van der Waals surface area contributed by atoms with E-state index in [2.05, 4.69) is 52.9 Å². The first-order chi connectivity index (χ1) is 18.5. The molecule has 8 nitrogen and oxygen atoms in total. The summed E-state index contributed by atoms with van der Waals surface area (Å²) in [4.78, 5) is 27.2. The fourth-order valence-electron chi connectivity index (χ4n) is 4.54. The van der Waals surface area contributed by atoms with Gasteiger partial charge < -0.3 is 19.9 Å². The predicted molar refractivity (Wildman–Crippen MR) is 156 cm³/mol. The van der Waals surface area contributed by atoms with Crippen molar-refractivity contribution in [3.8, 4) is 5.75 Å². The molecule has 1 aliphatic carbocycles. The van der Waals surface area contributed by atoms with E-state index in [1.807, 2.05) is 18.2 Å². The number of allylic oxidation sites excluding steroid dienone is 5. The molecule has 1 aliphatic rings. The Bertz CT molecular complexity index is 1260. The Balaban J connectivity index is 1.85. The summed E-state index contributed by atoms with van der Waals surface area (Å²) in [6, 6.07) is 4.24. The molecule has 0 bridgehead atoms. The fraction of sp³-hybridized carbons (Fsp3) is 0.483. The van der Waals surface area contributed by atoms with Crippen LogP contribution in [-0.2, 0) is 11.3 Å². The van der Waals surface area contributed by atoms with Crippen LogP contribution >= 0.6 is 11.6 Å². The molecule has 0 saturated heterocycles. The fourth-order valence-corrected chi connectivity index (χ4v) is 4.72. The number of aromatic nitrogens is 2. The summed E-state index contributed by atoms with van der Waals surface area (Å²) in [7, 11) is 7.27. The molecule has 212 valence electrons. The molecular formula is C29H40ClFN6O2. The highest BCUT2D eigenvalue weighted by atomic mass is 35.5. The summed E-state index contributed by atoms with van der Waals surface area (Å²) in [5, 5.41) is 3.95. The zero-order valence-corrected chi connectivity index (χ0v) is 24.7. The highest BCUT2D eigenvalue weighted by molar-refractivity contribution is 6.32. The van der Waals surface area contributed by atoms with Gasteiger partial charge in [-0.3, -0.25) is 9.69 Å². The van der Waals surface area contributed by atoms with Gasteiger partial charge in [0.15, 0.2) is 5.83 Å². The second-order valence-corrected chi connectivity index (χ2v) is 10.6. The van der Waals surface area contributed by atoms with Crippen LogP contribution < -0.4 is 10.1 Å². The number of carbonyl (C=O) groups is 1. The normalized spacial score (nSPS) is 15.4. The minimum atomic E-state index is -0.501. The van der Waals surface area contributed by atoms with Crippen LogP contribution in [0.2, 0.25) is 0 Å². The first kappa shape index (κ1) is 30.5. The molecule has 1 heterocycles. The topological polar surface area (TPSA) is 73.8 Å². The molecule has 39 heavy (non-hydrogen) atoms. The third-order valence-electron chi connectivity index (χ3n) is 7.16. The molecule has 1 aromatic carbocycles. The lowest BCUT2D eigenvalue weighted by Gasteiger charge is -2.34. The summed E-state index contributed by atoms with van der Waals surface area (Å²) in [5.74, 6) is 0.850. The molecule has 2 atom stereocenters. The Hall–Kier alpha value is -3.01. The van der Waals surface area contributed by atoms with Crippen molar-refractivity contribution in [3.05, 3.63) is 58.8 Å². The molecule has 1 aromatic heterocycles. The predicted octanol–water partition coefficient (Wildman–Crippen LogP) is 5.32. The van der Waals surface area contributed by atoms with Gasteiger partial charge in [0.25, 0.3) is 0 Å². The number of methoxy groups -OCH3 is 1. The van der Waals surface area contributed by atoms with Crippen molar-refractivity contribution in [2.45, 2.75) is 52.2 Å². The van der Waals surface area contributed by atoms with Crippen molar-refractivity contribution in [1.82, 2.24) is 24.7 Å². The average molecular weight is 559 g/mol. The van der Waals surface area contributed by atoms with Crippen molar-refractivity contribution in [2.75, 3.05) is 46.7 Å². The smallest absolute Gasteiger partial charge is 0.223 e. The van der Waals surface area contributed by atoms with Gasteiger partial charge in [-0.15, -0.1) is 0 Å². The zero-order valence-electron chi connectivity index (χ0n) is 24.0. The van der Waals surface area contributed by atoms with Gasteiger partial charge in [-0.05, 0) is 39.6 Å². The van der Waals surface area contributed by atoms with Crippen molar-refractivity contribution >= 4 is 34.2 Å². The number of carbonyl (C=O) groups excluding carboxylic acids is 1. The molecule has 2 aromatic rings. The molecule has 0 fully saturated rings. The Kier molecular flexibility index (Phi) is 10.9. The van der Waals surface area contributed by atoms with E-state index >= 15 is 0 Å². The molecule has 0 spiro atoms. The van der Waals surface area contributed by atoms with Crippen LogP contribution in [-0.4, -0.2) is 84.0 Å². The van der Waals surface area contributed by atoms with Gasteiger partial charge in [-0.25, -0.2) is 14.4 Å². The number of rotatable bonds is 12. The van der Waals surface area contributed by atoms with E-state index in [4.69, 9.17) is 16.3 Å². The van der Waals surface area contributed by atoms with E-state index in [-0.39, 0.29) is 23.0 Å². The lowest BCUT2D eigenvalue weighted by atomic mass is 10.1. The number of fused-ring (bicyclic) bond motifs is 1. The quantitative estimate of drug-likeness (QED) is 0.378. The number of halogens is 2. The Morgan fingerprint density at radius 2 is 1.95 bits per heavy atom. The Morgan fingerprint density at radius 3 is 2.62 bits per heavy atom. The van der Waals surface area contributed by atoms with E-state index in [1.165, 1.54) is 12.4 Å². The van der Waals surface area contributed by atoms with Gasteiger partial charge in [-0.1, -0.05) is 30.7 Å². The van der Waals surface area contributed by atoms with Gasteiger partial charge in [-0.2, -0.15) is 0 Å². The number of nitrogens with one attached hydrogen (secondary N) is 1. The molecule has 0 aliphatic heterocycles. The van der Waals surface area contributed by atoms with E-state index in [1.54, 1.807) is 32.2 Å². The maximum absolute atomic E-state index is 14.8. The second kappa shape index (κ2) is 13.9. The lowest BCUT2D eigenvalue weighted by molar-refractivity contribution is -0.129. The van der Waals surface area contributed by atoms with Crippen molar-refractivity contribution in [3.63, 3.8) is 0 Å². The second-order valence-electron chi connectivity index (χ2n) is 10.2. The standard InChI is InChI=1S/C29H40ClFN6O2/c1-8-37(20(3)16-36(6)19(2)13-27(38)35(4)5)17-21-14-22-25(15-26(21)39-7)32-18-33-29(22)34-24-12-10-9-11-23(30)28(24)31/h9-11,14-15,18-20H,8,12-13,16-17H2,1-7H3,(H,32,33,34). The number of hydrogen-bond donors (Lipinski definition) is 1. The molecule has 2 unspecified atom stereocenters. The summed E-state index contributed by atoms with van der Waals surface area (Å²) >= 11 is 6.07. The Labute approximate surface area is 236 Å². The van der Waals surface area contributed by atoms with Crippen molar-refractivity contribution in [1.29, 1.82) is 0 Å². The highest BCUT2D eigenvalue weighted by Gasteiger charge is 2.22. The van der Waals surface area contributed by atoms with Crippen molar-refractivity contribution in [2.24, 2.45) is 0 Å². The summed E-state index contributed by atoms with van der Waals surface area (Å²) in [6.07, 6.45) is 7.39. The number of ether oxygens (including phenoxy) is 1. The maximum Gasteiger partial charge on any atom is 0.223 e. The molecule has 3 rings (SSSR count). The molecule has 0 radical (unpaired) electrons. The number of hydrogen-bond acceptors (Lipinski definition) is 7. The summed E-state index contributed by atoms with van der Waals surface area (Å²) in [5.41, 5.74) is 2.01. The number of amides is 1. The average Bonchev–Trinajstić information content (AvgIpc) is 3.06. The van der Waals surface area contributed by atoms with Crippen molar-refractivity contribution < 1.29 is 13.9 Å². The molecular weight excluding hydrogens is 519 g/mol. The number of nitrogens with zero attached hydrogens (tertiary/aromatic N) is 5. The number of anilines is 1.